The Hall–Kier alpha value is -2.35. The molecule has 0 bridgehead atoms. The van der Waals surface area contributed by atoms with Crippen LogP contribution in [0.4, 0.5) is 0 Å². The lowest BCUT2D eigenvalue weighted by Gasteiger charge is -2.23. The minimum atomic E-state index is 0.106. The van der Waals surface area contributed by atoms with Gasteiger partial charge in [-0.1, -0.05) is 54.6 Å². The molecule has 0 radical (unpaired) electrons. The number of rotatable bonds is 3. The molecule has 2 nitrogen and oxygen atoms in total. The summed E-state index contributed by atoms with van der Waals surface area (Å²) in [4.78, 5) is 14.5. The fraction of sp³-hybridized carbons (Fsp3) is 0.250. The van der Waals surface area contributed by atoms with E-state index in [1.807, 2.05) is 47.4 Å². The zero-order chi connectivity index (χ0) is 15.4. The molecule has 112 valence electrons. The number of likely N-dealkylation sites (tertiary alicyclic amines) is 1. The van der Waals surface area contributed by atoms with E-state index in [0.717, 1.165) is 24.9 Å². The molecule has 1 amide bonds. The Morgan fingerprint density at radius 2 is 1.82 bits per heavy atom. The number of aryl methyl sites for hydroxylation is 1. The van der Waals surface area contributed by atoms with E-state index in [0.29, 0.717) is 0 Å². The molecule has 1 unspecified atom stereocenters. The number of nitrogens with zero attached hydrogens (tertiary/aromatic N) is 1. The van der Waals surface area contributed by atoms with Gasteiger partial charge in [-0.2, -0.15) is 0 Å². The Morgan fingerprint density at radius 1 is 1.09 bits per heavy atom. The Morgan fingerprint density at radius 3 is 2.59 bits per heavy atom. The van der Waals surface area contributed by atoms with Crippen LogP contribution in [0.15, 0.2) is 60.7 Å². The van der Waals surface area contributed by atoms with Crippen LogP contribution < -0.4 is 0 Å². The Balaban J connectivity index is 1.76. The zero-order valence-electron chi connectivity index (χ0n) is 12.9. The number of hydrogen-bond donors (Lipinski definition) is 0. The van der Waals surface area contributed by atoms with Crippen molar-refractivity contribution in [3.63, 3.8) is 0 Å². The smallest absolute Gasteiger partial charge is 0.247 e. The summed E-state index contributed by atoms with van der Waals surface area (Å²) in [6.07, 6.45) is 5.76. The summed E-state index contributed by atoms with van der Waals surface area (Å²) in [5, 5.41) is 0. The first-order chi connectivity index (χ1) is 10.8. The summed E-state index contributed by atoms with van der Waals surface area (Å²) < 4.78 is 0. The highest BCUT2D eigenvalue weighted by atomic mass is 16.2. The van der Waals surface area contributed by atoms with Crippen molar-refractivity contribution in [1.29, 1.82) is 0 Å². The van der Waals surface area contributed by atoms with Gasteiger partial charge in [-0.15, -0.1) is 0 Å². The van der Waals surface area contributed by atoms with E-state index in [-0.39, 0.29) is 11.9 Å². The normalized spacial score (nSPS) is 18.0. The molecular weight excluding hydrogens is 270 g/mol. The van der Waals surface area contributed by atoms with Gasteiger partial charge in [-0.3, -0.25) is 4.79 Å². The lowest BCUT2D eigenvalue weighted by molar-refractivity contribution is -0.126. The maximum absolute atomic E-state index is 12.6. The van der Waals surface area contributed by atoms with E-state index in [4.69, 9.17) is 0 Å². The molecule has 2 heteroatoms. The average molecular weight is 291 g/mol. The molecule has 1 saturated heterocycles. The van der Waals surface area contributed by atoms with Crippen LogP contribution in [0.25, 0.3) is 6.08 Å². The number of hydrogen-bond acceptors (Lipinski definition) is 1. The number of carbonyl (C=O) groups excluding carboxylic acids is 1. The molecule has 3 rings (SSSR count). The minimum Gasteiger partial charge on any atom is -0.332 e. The van der Waals surface area contributed by atoms with Crippen molar-refractivity contribution in [3.05, 3.63) is 77.4 Å². The quantitative estimate of drug-likeness (QED) is 0.769. The van der Waals surface area contributed by atoms with Gasteiger partial charge in [0.25, 0.3) is 0 Å². The van der Waals surface area contributed by atoms with Crippen LogP contribution in [-0.2, 0) is 4.79 Å². The minimum absolute atomic E-state index is 0.106. The average Bonchev–Trinajstić information content (AvgIpc) is 3.04. The van der Waals surface area contributed by atoms with Crippen molar-refractivity contribution < 1.29 is 4.79 Å². The van der Waals surface area contributed by atoms with Crippen LogP contribution in [0.5, 0.6) is 0 Å². The van der Waals surface area contributed by atoms with E-state index < -0.39 is 0 Å². The van der Waals surface area contributed by atoms with Gasteiger partial charge in [-0.25, -0.2) is 0 Å². The van der Waals surface area contributed by atoms with Crippen molar-refractivity contribution in [3.8, 4) is 0 Å². The van der Waals surface area contributed by atoms with Crippen LogP contribution in [-0.4, -0.2) is 17.4 Å². The van der Waals surface area contributed by atoms with E-state index in [2.05, 4.69) is 25.1 Å². The highest BCUT2D eigenvalue weighted by Gasteiger charge is 2.28. The first-order valence-electron chi connectivity index (χ1n) is 7.85. The molecule has 0 spiro atoms. The summed E-state index contributed by atoms with van der Waals surface area (Å²) >= 11 is 0. The molecule has 2 aromatic carbocycles. The topological polar surface area (TPSA) is 20.3 Å². The molecule has 1 atom stereocenters. The highest BCUT2D eigenvalue weighted by Crippen LogP contribution is 2.31. The Labute approximate surface area is 132 Å². The summed E-state index contributed by atoms with van der Waals surface area (Å²) in [6.45, 7) is 2.91. The lowest BCUT2D eigenvalue weighted by atomic mass is 10.0. The van der Waals surface area contributed by atoms with E-state index >= 15 is 0 Å². The number of carbonyl (C=O) groups is 1. The third-order valence-corrected chi connectivity index (χ3v) is 4.31. The van der Waals surface area contributed by atoms with Crippen LogP contribution in [0, 0.1) is 6.92 Å². The summed E-state index contributed by atoms with van der Waals surface area (Å²) in [5.74, 6) is 0.106. The van der Waals surface area contributed by atoms with Gasteiger partial charge in [0.2, 0.25) is 5.91 Å². The molecule has 0 aromatic heterocycles. The maximum Gasteiger partial charge on any atom is 0.247 e. The molecule has 1 heterocycles. The van der Waals surface area contributed by atoms with Gasteiger partial charge in [0.15, 0.2) is 0 Å². The first-order valence-corrected chi connectivity index (χ1v) is 7.85. The number of benzene rings is 2. The van der Waals surface area contributed by atoms with Gasteiger partial charge < -0.3 is 4.90 Å². The van der Waals surface area contributed by atoms with Crippen LogP contribution in [0.2, 0.25) is 0 Å². The standard InChI is InChI=1S/C20H21NO/c1-16-8-5-6-9-17(16)13-14-20(22)21-15-7-12-19(21)18-10-3-2-4-11-18/h2-6,8-11,13-14,19H,7,12,15H2,1H3/b14-13+. The lowest BCUT2D eigenvalue weighted by Crippen LogP contribution is -2.28. The Bertz CT molecular complexity index is 675. The second-order valence-electron chi connectivity index (χ2n) is 5.79. The van der Waals surface area contributed by atoms with Crippen molar-refractivity contribution in [1.82, 2.24) is 4.90 Å². The molecule has 0 N–H and O–H groups in total. The highest BCUT2D eigenvalue weighted by molar-refractivity contribution is 5.92. The molecule has 0 aliphatic carbocycles. The molecule has 2 aromatic rings. The monoisotopic (exact) mass is 291 g/mol. The van der Waals surface area contributed by atoms with Crippen LogP contribution in [0.3, 0.4) is 0 Å². The second kappa shape index (κ2) is 6.61. The van der Waals surface area contributed by atoms with Gasteiger partial charge in [0, 0.05) is 12.6 Å². The van der Waals surface area contributed by atoms with Crippen LogP contribution >= 0.6 is 0 Å². The van der Waals surface area contributed by atoms with Crippen molar-refractivity contribution >= 4 is 12.0 Å². The number of amides is 1. The van der Waals surface area contributed by atoms with Crippen LogP contribution in [0.1, 0.15) is 35.6 Å². The van der Waals surface area contributed by atoms with Crippen molar-refractivity contribution in [2.45, 2.75) is 25.8 Å². The fourth-order valence-electron chi connectivity index (χ4n) is 3.08. The molecule has 22 heavy (non-hydrogen) atoms. The van der Waals surface area contributed by atoms with E-state index in [9.17, 15) is 4.79 Å². The predicted octanol–water partition coefficient (Wildman–Crippen LogP) is 4.37. The van der Waals surface area contributed by atoms with Crippen molar-refractivity contribution in [2.24, 2.45) is 0 Å². The zero-order valence-corrected chi connectivity index (χ0v) is 12.9. The van der Waals surface area contributed by atoms with E-state index in [1.54, 1.807) is 6.08 Å². The van der Waals surface area contributed by atoms with E-state index in [1.165, 1.54) is 11.1 Å². The summed E-state index contributed by atoms with van der Waals surface area (Å²) in [7, 11) is 0. The second-order valence-corrected chi connectivity index (χ2v) is 5.79. The predicted molar refractivity (Wildman–Crippen MR) is 90.3 cm³/mol. The largest absolute Gasteiger partial charge is 0.332 e. The molecule has 1 fully saturated rings. The fourth-order valence-corrected chi connectivity index (χ4v) is 3.08. The third-order valence-electron chi connectivity index (χ3n) is 4.31. The molecule has 1 aliphatic rings. The van der Waals surface area contributed by atoms with Gasteiger partial charge in [-0.05, 0) is 42.5 Å². The summed E-state index contributed by atoms with van der Waals surface area (Å²) in [5.41, 5.74) is 3.52. The van der Waals surface area contributed by atoms with Gasteiger partial charge in [0.1, 0.15) is 0 Å². The maximum atomic E-state index is 12.6. The molecule has 0 saturated carbocycles. The third kappa shape index (κ3) is 3.11. The SMILES string of the molecule is Cc1ccccc1/C=C/C(=O)N1CCCC1c1ccccc1. The van der Waals surface area contributed by atoms with Gasteiger partial charge in [0.05, 0.1) is 6.04 Å². The Kier molecular flexibility index (Phi) is 4.38. The van der Waals surface area contributed by atoms with Crippen molar-refractivity contribution in [2.75, 3.05) is 6.54 Å². The molecular formula is C20H21NO. The first kappa shape index (κ1) is 14.6. The summed E-state index contributed by atoms with van der Waals surface area (Å²) in [6, 6.07) is 18.7. The van der Waals surface area contributed by atoms with Gasteiger partial charge >= 0.3 is 0 Å². The molecule has 1 aliphatic heterocycles.